The van der Waals surface area contributed by atoms with E-state index in [0.717, 1.165) is 36.5 Å². The van der Waals surface area contributed by atoms with Crippen molar-refractivity contribution >= 4 is 23.5 Å². The summed E-state index contributed by atoms with van der Waals surface area (Å²) in [6.07, 6.45) is 3.19. The number of halogens is 1. The SMILES string of the molecule is CN(C)C(=O)CN=C(NCCc1cccc(Cl)c1)NCC1CCCO1. The zero-order valence-corrected chi connectivity index (χ0v) is 15.7. The standard InChI is InChI=1S/C18H27ClN4O2/c1-23(2)17(24)13-22-18(21-12-16-7-4-10-25-16)20-9-8-14-5-3-6-15(19)11-14/h3,5-6,11,16H,4,7-10,12-13H2,1-2H3,(H2,20,21,22). The molecule has 0 saturated carbocycles. The van der Waals surface area contributed by atoms with Gasteiger partial charge in [0.15, 0.2) is 5.96 Å². The zero-order valence-electron chi connectivity index (χ0n) is 14.9. The maximum atomic E-state index is 11.8. The first kappa shape index (κ1) is 19.5. The molecule has 7 heteroatoms. The van der Waals surface area contributed by atoms with Crippen molar-refractivity contribution in [1.82, 2.24) is 15.5 Å². The third kappa shape index (κ3) is 7.32. The monoisotopic (exact) mass is 366 g/mol. The number of benzene rings is 1. The van der Waals surface area contributed by atoms with Gasteiger partial charge in [0.05, 0.1) is 6.10 Å². The summed E-state index contributed by atoms with van der Waals surface area (Å²) < 4.78 is 5.62. The highest BCUT2D eigenvalue weighted by atomic mass is 35.5. The Kier molecular flexibility index (Phi) is 8.01. The average molecular weight is 367 g/mol. The first-order valence-corrected chi connectivity index (χ1v) is 9.01. The lowest BCUT2D eigenvalue weighted by molar-refractivity contribution is -0.127. The molecule has 1 aromatic rings. The van der Waals surface area contributed by atoms with E-state index in [1.807, 2.05) is 24.3 Å². The molecule has 2 N–H and O–H groups in total. The van der Waals surface area contributed by atoms with E-state index in [-0.39, 0.29) is 18.6 Å². The van der Waals surface area contributed by atoms with Crippen molar-refractivity contribution in [2.45, 2.75) is 25.4 Å². The van der Waals surface area contributed by atoms with E-state index in [2.05, 4.69) is 15.6 Å². The first-order valence-electron chi connectivity index (χ1n) is 8.63. The average Bonchev–Trinajstić information content (AvgIpc) is 3.10. The van der Waals surface area contributed by atoms with E-state index in [1.165, 1.54) is 4.90 Å². The van der Waals surface area contributed by atoms with Gasteiger partial charge in [0.1, 0.15) is 6.54 Å². The van der Waals surface area contributed by atoms with Gasteiger partial charge in [-0.05, 0) is 37.0 Å². The third-order valence-corrected chi connectivity index (χ3v) is 4.22. The van der Waals surface area contributed by atoms with E-state index in [4.69, 9.17) is 16.3 Å². The molecule has 1 aliphatic heterocycles. The predicted octanol–water partition coefficient (Wildman–Crippen LogP) is 1.68. The van der Waals surface area contributed by atoms with Crippen molar-refractivity contribution in [2.24, 2.45) is 4.99 Å². The summed E-state index contributed by atoms with van der Waals surface area (Å²) >= 11 is 6.01. The van der Waals surface area contributed by atoms with Gasteiger partial charge >= 0.3 is 0 Å². The number of nitrogens with one attached hydrogen (secondary N) is 2. The molecule has 6 nitrogen and oxygen atoms in total. The maximum Gasteiger partial charge on any atom is 0.243 e. The lowest BCUT2D eigenvalue weighted by Gasteiger charge is -2.16. The molecule has 1 saturated heterocycles. The second kappa shape index (κ2) is 10.3. The molecule has 1 atom stereocenters. The fourth-order valence-electron chi connectivity index (χ4n) is 2.50. The number of amides is 1. The maximum absolute atomic E-state index is 11.8. The Labute approximate surface area is 154 Å². The van der Waals surface area contributed by atoms with Gasteiger partial charge in [0.2, 0.25) is 5.91 Å². The lowest BCUT2D eigenvalue weighted by atomic mass is 10.1. The molecule has 0 bridgehead atoms. The number of hydrogen-bond acceptors (Lipinski definition) is 3. The number of carbonyl (C=O) groups excluding carboxylic acids is 1. The zero-order chi connectivity index (χ0) is 18.1. The minimum atomic E-state index is -0.0342. The number of ether oxygens (including phenoxy) is 1. The van der Waals surface area contributed by atoms with Crippen LogP contribution in [-0.4, -0.2) is 63.2 Å². The van der Waals surface area contributed by atoms with Crippen LogP contribution in [0.3, 0.4) is 0 Å². The smallest absolute Gasteiger partial charge is 0.243 e. The van der Waals surface area contributed by atoms with Crippen LogP contribution < -0.4 is 10.6 Å². The molecule has 0 radical (unpaired) electrons. The molecule has 2 rings (SSSR count). The van der Waals surface area contributed by atoms with Crippen LogP contribution in [0.2, 0.25) is 5.02 Å². The van der Waals surface area contributed by atoms with E-state index < -0.39 is 0 Å². The molecular formula is C18H27ClN4O2. The van der Waals surface area contributed by atoms with Crippen LogP contribution in [-0.2, 0) is 16.0 Å². The summed E-state index contributed by atoms with van der Waals surface area (Å²) in [4.78, 5) is 17.7. The largest absolute Gasteiger partial charge is 0.376 e. The molecule has 1 aromatic carbocycles. The van der Waals surface area contributed by atoms with Crippen LogP contribution in [0.5, 0.6) is 0 Å². The molecule has 25 heavy (non-hydrogen) atoms. The molecule has 0 aromatic heterocycles. The van der Waals surface area contributed by atoms with Crippen LogP contribution in [0, 0.1) is 0 Å². The van der Waals surface area contributed by atoms with E-state index in [1.54, 1.807) is 14.1 Å². The van der Waals surface area contributed by atoms with Gasteiger partial charge in [-0.15, -0.1) is 0 Å². The lowest BCUT2D eigenvalue weighted by Crippen LogP contribution is -2.42. The van der Waals surface area contributed by atoms with E-state index in [0.29, 0.717) is 19.0 Å². The first-order chi connectivity index (χ1) is 12.0. The molecule has 1 unspecified atom stereocenters. The van der Waals surface area contributed by atoms with Crippen LogP contribution in [0.25, 0.3) is 0 Å². The summed E-state index contributed by atoms with van der Waals surface area (Å²) in [5, 5.41) is 7.28. The Bertz CT molecular complexity index is 586. The van der Waals surface area contributed by atoms with Crippen LogP contribution in [0.15, 0.2) is 29.3 Å². The highest BCUT2D eigenvalue weighted by Gasteiger charge is 2.15. The quantitative estimate of drug-likeness (QED) is 0.569. The van der Waals surface area contributed by atoms with Crippen molar-refractivity contribution in [3.8, 4) is 0 Å². The topological polar surface area (TPSA) is 66.0 Å². The van der Waals surface area contributed by atoms with Crippen molar-refractivity contribution < 1.29 is 9.53 Å². The Morgan fingerprint density at radius 1 is 1.40 bits per heavy atom. The number of nitrogens with zero attached hydrogens (tertiary/aromatic N) is 2. The number of carbonyl (C=O) groups is 1. The number of guanidine groups is 1. The van der Waals surface area contributed by atoms with Crippen LogP contribution >= 0.6 is 11.6 Å². The van der Waals surface area contributed by atoms with Crippen molar-refractivity contribution in [1.29, 1.82) is 0 Å². The molecule has 1 fully saturated rings. The highest BCUT2D eigenvalue weighted by molar-refractivity contribution is 6.30. The van der Waals surface area contributed by atoms with Gasteiger partial charge < -0.3 is 20.3 Å². The second-order valence-corrected chi connectivity index (χ2v) is 6.71. The predicted molar refractivity (Wildman–Crippen MR) is 101 cm³/mol. The van der Waals surface area contributed by atoms with Crippen molar-refractivity contribution in [3.63, 3.8) is 0 Å². The molecule has 1 amide bonds. The van der Waals surface area contributed by atoms with Gasteiger partial charge in [0.25, 0.3) is 0 Å². The van der Waals surface area contributed by atoms with Crippen molar-refractivity contribution in [3.05, 3.63) is 34.9 Å². The summed E-state index contributed by atoms with van der Waals surface area (Å²) in [6.45, 7) is 2.33. The molecule has 1 heterocycles. The Morgan fingerprint density at radius 2 is 2.24 bits per heavy atom. The number of likely N-dealkylation sites (N-methyl/N-ethyl adjacent to an activating group) is 1. The molecule has 1 aliphatic rings. The van der Waals surface area contributed by atoms with Gasteiger partial charge in [-0.25, -0.2) is 4.99 Å². The molecule has 0 aliphatic carbocycles. The van der Waals surface area contributed by atoms with Gasteiger partial charge in [-0.3, -0.25) is 4.79 Å². The number of rotatable bonds is 7. The highest BCUT2D eigenvalue weighted by Crippen LogP contribution is 2.11. The minimum Gasteiger partial charge on any atom is -0.376 e. The van der Waals surface area contributed by atoms with E-state index in [9.17, 15) is 4.79 Å². The normalized spacial score (nSPS) is 17.4. The van der Waals surface area contributed by atoms with Gasteiger partial charge in [0, 0.05) is 38.8 Å². The Morgan fingerprint density at radius 3 is 2.92 bits per heavy atom. The molecule has 138 valence electrons. The Hall–Kier alpha value is -1.79. The van der Waals surface area contributed by atoms with Crippen LogP contribution in [0.1, 0.15) is 18.4 Å². The van der Waals surface area contributed by atoms with Crippen LogP contribution in [0.4, 0.5) is 0 Å². The summed E-state index contributed by atoms with van der Waals surface area (Å²) in [5.41, 5.74) is 1.16. The summed E-state index contributed by atoms with van der Waals surface area (Å²) in [5.74, 6) is 0.598. The van der Waals surface area contributed by atoms with E-state index >= 15 is 0 Å². The molecule has 0 spiro atoms. The third-order valence-electron chi connectivity index (χ3n) is 3.99. The van der Waals surface area contributed by atoms with Crippen molar-refractivity contribution in [2.75, 3.05) is 40.3 Å². The minimum absolute atomic E-state index is 0.0342. The fourth-order valence-corrected chi connectivity index (χ4v) is 2.71. The second-order valence-electron chi connectivity index (χ2n) is 6.28. The van der Waals surface area contributed by atoms with Gasteiger partial charge in [-0.2, -0.15) is 0 Å². The molecular weight excluding hydrogens is 340 g/mol. The summed E-state index contributed by atoms with van der Waals surface area (Å²) in [7, 11) is 3.45. The number of aliphatic imine (C=N–C) groups is 1. The number of hydrogen-bond donors (Lipinski definition) is 2. The summed E-state index contributed by atoms with van der Waals surface area (Å²) in [6, 6.07) is 7.80. The fraction of sp³-hybridized carbons (Fsp3) is 0.556. The van der Waals surface area contributed by atoms with Gasteiger partial charge in [-0.1, -0.05) is 23.7 Å². The Balaban J connectivity index is 1.85.